The second kappa shape index (κ2) is 10.5. The van der Waals surface area contributed by atoms with Crippen molar-refractivity contribution in [2.75, 3.05) is 7.11 Å². The molecule has 182 valence electrons. The molecule has 0 saturated carbocycles. The Labute approximate surface area is 211 Å². The largest absolute Gasteiger partial charge is 0.468 e. The topological polar surface area (TPSA) is 81.5 Å². The van der Waals surface area contributed by atoms with Gasteiger partial charge >= 0.3 is 5.97 Å². The number of hydrogen-bond donors (Lipinski definition) is 1. The molecule has 4 aromatic rings. The van der Waals surface area contributed by atoms with Gasteiger partial charge in [-0.3, -0.25) is 14.9 Å². The highest BCUT2D eigenvalue weighted by Crippen LogP contribution is 2.43. The van der Waals surface area contributed by atoms with E-state index in [0.29, 0.717) is 0 Å². The van der Waals surface area contributed by atoms with E-state index in [2.05, 4.69) is 35.6 Å². The van der Waals surface area contributed by atoms with Crippen LogP contribution in [0.2, 0.25) is 0 Å². The van der Waals surface area contributed by atoms with Gasteiger partial charge in [-0.05, 0) is 24.1 Å². The molecule has 0 amide bonds. The molecule has 1 fully saturated rings. The van der Waals surface area contributed by atoms with E-state index in [1.165, 1.54) is 7.11 Å². The first-order valence-corrected chi connectivity index (χ1v) is 13.1. The fourth-order valence-corrected chi connectivity index (χ4v) is 7.71. The minimum absolute atomic E-state index is 0.248. The third-order valence-electron chi connectivity index (χ3n) is 6.74. The summed E-state index contributed by atoms with van der Waals surface area (Å²) >= 11 is 0. The van der Waals surface area contributed by atoms with Gasteiger partial charge in [0.1, 0.15) is 6.04 Å². The molecule has 1 heterocycles. The van der Waals surface area contributed by atoms with Crippen molar-refractivity contribution in [2.24, 2.45) is 0 Å². The Morgan fingerprint density at radius 1 is 0.917 bits per heavy atom. The molecule has 0 unspecified atom stereocenters. The second-order valence-corrected chi connectivity index (χ2v) is 10.9. The van der Waals surface area contributed by atoms with E-state index in [1.54, 1.807) is 0 Å². The molecule has 6 nitrogen and oxygen atoms in total. The average molecular weight is 498 g/mol. The number of carbonyl (C=O) groups is 1. The van der Waals surface area contributed by atoms with Gasteiger partial charge in [0.2, 0.25) is 6.04 Å². The number of carbonyl (C=O) groups excluding carboxylic acids is 1. The summed E-state index contributed by atoms with van der Waals surface area (Å²) in [4.78, 5) is 25.2. The number of hydrogen-bond acceptors (Lipinski definition) is 5. The van der Waals surface area contributed by atoms with Crippen LogP contribution in [-0.2, 0) is 9.53 Å². The van der Waals surface area contributed by atoms with E-state index >= 15 is 0 Å². The van der Waals surface area contributed by atoms with E-state index in [9.17, 15) is 14.9 Å². The number of benzene rings is 3. The van der Waals surface area contributed by atoms with Crippen molar-refractivity contribution in [1.29, 1.82) is 0 Å². The maximum Gasteiger partial charge on any atom is 0.323 e. The normalized spacial score (nSPS) is 21.4. The zero-order chi connectivity index (χ0) is 25.1. The van der Waals surface area contributed by atoms with Gasteiger partial charge in [-0.2, -0.15) is 17.7 Å². The Morgan fingerprint density at radius 2 is 1.47 bits per heavy atom. The summed E-state index contributed by atoms with van der Waals surface area (Å²) in [6.07, 6.45) is 0. The highest BCUT2D eigenvalue weighted by Gasteiger charge is 2.53. The smallest absolute Gasteiger partial charge is 0.323 e. The summed E-state index contributed by atoms with van der Waals surface area (Å²) in [5, 5.41) is 19.3. The van der Waals surface area contributed by atoms with Crippen molar-refractivity contribution in [2.45, 2.75) is 24.0 Å². The minimum Gasteiger partial charge on any atom is -0.468 e. The molecule has 1 N–H and O–H groups in total. The number of esters is 1. The highest BCUT2D eigenvalue weighted by atomic mass is 31.1. The molecular weight excluding hydrogens is 471 g/mol. The first kappa shape index (κ1) is 24.0. The van der Waals surface area contributed by atoms with Gasteiger partial charge in [0.25, 0.3) is 0 Å². The van der Waals surface area contributed by atoms with E-state index in [1.807, 2.05) is 78.9 Å². The van der Waals surface area contributed by atoms with E-state index in [4.69, 9.17) is 4.74 Å². The van der Waals surface area contributed by atoms with Crippen molar-refractivity contribution >= 4 is 29.8 Å². The van der Waals surface area contributed by atoms with Gasteiger partial charge in [-0.1, -0.05) is 91.0 Å². The lowest BCUT2D eigenvalue weighted by atomic mass is 9.86. The van der Waals surface area contributed by atoms with Crippen molar-refractivity contribution in [3.63, 3.8) is 0 Å². The standard InChI is InChI=1S/C29H26N2O4P/c1-35-29(32)27-25(20-12-5-2-6-13-20)28(31(33)34)26(30-27)23-18-11-19-24(23)36(21-14-7-3-8-15-21)22-16-9-4-10-17-22/h2-19,25-28,30H,1H3/q-1/t25-,26+,27+,28+/m0/s1. The molecule has 1 saturated heterocycles. The predicted molar refractivity (Wildman–Crippen MR) is 142 cm³/mol. The first-order valence-electron chi connectivity index (χ1n) is 11.8. The summed E-state index contributed by atoms with van der Waals surface area (Å²) in [6.45, 7) is 0. The van der Waals surface area contributed by atoms with Crippen LogP contribution in [0.25, 0.3) is 0 Å². The Morgan fingerprint density at radius 3 is 2.00 bits per heavy atom. The summed E-state index contributed by atoms with van der Waals surface area (Å²) in [5.41, 5.74) is 1.59. The van der Waals surface area contributed by atoms with Crippen LogP contribution in [0.15, 0.2) is 109 Å². The number of ether oxygens (including phenoxy) is 1. The molecule has 0 radical (unpaired) electrons. The van der Waals surface area contributed by atoms with E-state index in [-0.39, 0.29) is 4.92 Å². The SMILES string of the molecule is COC(=O)[C@@H]1N[C@H](c2cc[cH-]c2P(c2ccccc2)c2ccccc2)[C@H]([N+](=O)[O-])[C@H]1c1ccccc1. The molecule has 0 aliphatic carbocycles. The molecule has 1 aliphatic rings. The van der Waals surface area contributed by atoms with Crippen LogP contribution in [0.5, 0.6) is 0 Å². The van der Waals surface area contributed by atoms with Crippen molar-refractivity contribution in [3.05, 3.63) is 130 Å². The molecule has 1 aliphatic heterocycles. The third-order valence-corrected chi connectivity index (χ3v) is 9.26. The lowest BCUT2D eigenvalue weighted by Gasteiger charge is -2.29. The number of rotatable bonds is 7. The highest BCUT2D eigenvalue weighted by molar-refractivity contribution is 7.79. The quantitative estimate of drug-likeness (QED) is 0.138. The summed E-state index contributed by atoms with van der Waals surface area (Å²) in [7, 11) is 0.353. The summed E-state index contributed by atoms with van der Waals surface area (Å²) in [6, 6.07) is 33.1. The van der Waals surface area contributed by atoms with E-state index in [0.717, 1.165) is 27.0 Å². The van der Waals surface area contributed by atoms with Gasteiger partial charge in [0, 0.05) is 11.0 Å². The minimum atomic E-state index is -1.04. The summed E-state index contributed by atoms with van der Waals surface area (Å²) < 4.78 is 5.08. The lowest BCUT2D eigenvalue weighted by Crippen LogP contribution is -2.37. The van der Waals surface area contributed by atoms with Crippen LogP contribution >= 0.6 is 7.92 Å². The fraction of sp³-hybridized carbons (Fsp3) is 0.172. The fourth-order valence-electron chi connectivity index (χ4n) is 5.21. The average Bonchev–Trinajstić information content (AvgIpc) is 3.55. The molecule has 7 heteroatoms. The number of methoxy groups -OCH3 is 1. The third kappa shape index (κ3) is 4.46. The van der Waals surface area contributed by atoms with Crippen LogP contribution in [0, 0.1) is 10.1 Å². The van der Waals surface area contributed by atoms with E-state index < -0.39 is 37.9 Å². The number of nitrogens with zero attached hydrogens (tertiary/aromatic N) is 1. The Bertz CT molecular complexity index is 1290. The van der Waals surface area contributed by atoms with Crippen LogP contribution in [0.3, 0.4) is 0 Å². The predicted octanol–water partition coefficient (Wildman–Crippen LogP) is 3.78. The van der Waals surface area contributed by atoms with Crippen molar-refractivity contribution in [1.82, 2.24) is 5.32 Å². The second-order valence-electron chi connectivity index (χ2n) is 8.73. The van der Waals surface area contributed by atoms with Crippen molar-refractivity contribution in [3.8, 4) is 0 Å². The molecular formula is C29H26N2O4P-. The van der Waals surface area contributed by atoms with Gasteiger partial charge < -0.3 is 10.1 Å². The molecule has 0 bridgehead atoms. The molecule has 4 atom stereocenters. The van der Waals surface area contributed by atoms with Gasteiger partial charge in [-0.25, -0.2) is 6.07 Å². The van der Waals surface area contributed by atoms with Gasteiger partial charge in [-0.15, -0.1) is 5.30 Å². The molecule has 36 heavy (non-hydrogen) atoms. The van der Waals surface area contributed by atoms with Crippen LogP contribution < -0.4 is 21.2 Å². The monoisotopic (exact) mass is 497 g/mol. The maximum atomic E-state index is 12.8. The zero-order valence-corrected chi connectivity index (χ0v) is 20.6. The Kier molecular flexibility index (Phi) is 6.99. The number of nitro groups is 1. The summed E-state index contributed by atoms with van der Waals surface area (Å²) in [5.74, 6) is -1.17. The van der Waals surface area contributed by atoms with Crippen LogP contribution in [0.4, 0.5) is 0 Å². The van der Waals surface area contributed by atoms with Crippen LogP contribution in [0.1, 0.15) is 23.1 Å². The van der Waals surface area contributed by atoms with Gasteiger partial charge in [0.05, 0.1) is 13.0 Å². The van der Waals surface area contributed by atoms with Crippen LogP contribution in [-0.4, -0.2) is 30.1 Å². The molecule has 4 aromatic carbocycles. The molecule has 0 aromatic heterocycles. The maximum absolute atomic E-state index is 12.8. The first-order chi connectivity index (χ1) is 17.6. The number of nitrogens with one attached hydrogen (secondary N) is 1. The van der Waals surface area contributed by atoms with Gasteiger partial charge in [0.15, 0.2) is 0 Å². The Hall–Kier alpha value is -3.73. The lowest BCUT2D eigenvalue weighted by molar-refractivity contribution is -0.527. The zero-order valence-electron chi connectivity index (χ0n) is 19.7. The van der Waals surface area contributed by atoms with Crippen molar-refractivity contribution < 1.29 is 14.5 Å². The molecule has 5 rings (SSSR count). The molecule has 0 spiro atoms. The Balaban J connectivity index is 1.64.